The smallest absolute Gasteiger partial charge is 0.214 e. The van der Waals surface area contributed by atoms with Gasteiger partial charge in [-0.25, -0.2) is 4.98 Å². The van der Waals surface area contributed by atoms with E-state index in [1.165, 1.54) is 0 Å². The topological polar surface area (TPSA) is 82.2 Å². The van der Waals surface area contributed by atoms with E-state index in [1.807, 2.05) is 54.6 Å². The summed E-state index contributed by atoms with van der Waals surface area (Å²) in [6, 6.07) is 29.5. The van der Waals surface area contributed by atoms with E-state index < -0.39 is 0 Å². The molecule has 1 unspecified atom stereocenters. The van der Waals surface area contributed by atoms with Crippen molar-refractivity contribution in [3.63, 3.8) is 0 Å². The Labute approximate surface area is 255 Å². The Hall–Kier alpha value is -4.00. The molecule has 2 aromatic heterocycles. The molecule has 8 heteroatoms. The van der Waals surface area contributed by atoms with Crippen LogP contribution in [-0.2, 0) is 58.9 Å². The molecule has 1 radical (unpaired) electrons. The molecule has 0 N–H and O–H groups in total. The van der Waals surface area contributed by atoms with E-state index in [1.54, 1.807) is 0 Å². The van der Waals surface area contributed by atoms with E-state index in [2.05, 4.69) is 34.9 Å². The standard InChI is InChI=1S/C34H29N4O3.Co/c35-19-27-9-8-23-16-25(27)12-14-39-22-28-17-26(30-5-3-7-34(37-30)41-21-23)11-10-24(28)18-33-36-31-4-1-2-6-32(31)38(33)20-29-13-15-40-29;/h1,3-11,16-17,29H,12-15,18,20-22H2;/q-1;. The number of aromatic nitrogens is 3. The van der Waals surface area contributed by atoms with Crippen LogP contribution >= 0.6 is 0 Å². The number of imidazole rings is 1. The van der Waals surface area contributed by atoms with Crippen molar-refractivity contribution in [2.45, 2.75) is 45.1 Å². The SMILES string of the molecule is N#Cc1ccc2cc1CCOCc1cc(ccc1Cc1nc3cc[c-]cc3n1CC1CCO1)-c1cccc(n1)OC2.[Co]. The molecule has 0 spiro atoms. The van der Waals surface area contributed by atoms with Crippen LogP contribution in [0.25, 0.3) is 22.3 Å². The van der Waals surface area contributed by atoms with Crippen LogP contribution in [-0.4, -0.2) is 33.9 Å². The molecule has 2 aliphatic rings. The maximum Gasteiger partial charge on any atom is 0.214 e. The van der Waals surface area contributed by atoms with Crippen LogP contribution in [0, 0.1) is 17.4 Å². The first-order valence-electron chi connectivity index (χ1n) is 14.0. The Morgan fingerprint density at radius 2 is 1.93 bits per heavy atom. The van der Waals surface area contributed by atoms with Crippen LogP contribution in [0.2, 0.25) is 0 Å². The summed E-state index contributed by atoms with van der Waals surface area (Å²) in [5.74, 6) is 1.56. The number of nitrogens with zero attached hydrogens (tertiary/aromatic N) is 4. The molecule has 1 saturated heterocycles. The van der Waals surface area contributed by atoms with E-state index in [0.29, 0.717) is 44.1 Å². The van der Waals surface area contributed by atoms with Gasteiger partial charge in [-0.2, -0.15) is 23.5 Å². The van der Waals surface area contributed by atoms with Gasteiger partial charge >= 0.3 is 0 Å². The molecule has 1 fully saturated rings. The fourth-order valence-corrected chi connectivity index (χ4v) is 5.53. The minimum Gasteiger partial charge on any atom is -0.473 e. The van der Waals surface area contributed by atoms with Crippen LogP contribution in [0.3, 0.4) is 0 Å². The maximum absolute atomic E-state index is 9.63. The van der Waals surface area contributed by atoms with Crippen molar-refractivity contribution in [1.29, 1.82) is 5.26 Å². The third-order valence-electron chi connectivity index (χ3n) is 7.88. The molecule has 0 saturated carbocycles. The second kappa shape index (κ2) is 12.5. The monoisotopic (exact) mass is 600 g/mol. The molecule has 0 aliphatic carbocycles. The van der Waals surface area contributed by atoms with Gasteiger partial charge in [-0.3, -0.25) is 4.98 Å². The van der Waals surface area contributed by atoms with E-state index in [9.17, 15) is 5.26 Å². The molecule has 3 aromatic carbocycles. The van der Waals surface area contributed by atoms with Gasteiger partial charge in [0, 0.05) is 48.0 Å². The fraction of sp³-hybridized carbons (Fsp3) is 0.265. The molecular weight excluding hydrogens is 571 g/mol. The summed E-state index contributed by atoms with van der Waals surface area (Å²) in [6.45, 7) is 2.93. The third kappa shape index (κ3) is 5.83. The molecule has 42 heavy (non-hydrogen) atoms. The van der Waals surface area contributed by atoms with Crippen LogP contribution in [0.4, 0.5) is 0 Å². The van der Waals surface area contributed by atoms with Crippen LogP contribution in [0.1, 0.15) is 40.1 Å². The van der Waals surface area contributed by atoms with Gasteiger partial charge in [0.25, 0.3) is 0 Å². The second-order valence-corrected chi connectivity index (χ2v) is 10.6. The predicted molar refractivity (Wildman–Crippen MR) is 154 cm³/mol. The van der Waals surface area contributed by atoms with E-state index in [-0.39, 0.29) is 22.9 Å². The molecule has 0 amide bonds. The summed E-state index contributed by atoms with van der Waals surface area (Å²) in [5, 5.41) is 9.63. The van der Waals surface area contributed by atoms with Gasteiger partial charge < -0.3 is 18.8 Å². The van der Waals surface area contributed by atoms with E-state index in [4.69, 9.17) is 24.2 Å². The number of fused-ring (bicyclic) bond motifs is 8. The molecule has 5 aromatic rings. The van der Waals surface area contributed by atoms with Crippen molar-refractivity contribution in [2.24, 2.45) is 0 Å². The van der Waals surface area contributed by atoms with Crippen LogP contribution in [0.15, 0.2) is 72.8 Å². The van der Waals surface area contributed by atoms with Gasteiger partial charge in [0.15, 0.2) is 0 Å². The average Bonchev–Trinajstić information content (AvgIpc) is 3.33. The quantitative estimate of drug-likeness (QED) is 0.243. The third-order valence-corrected chi connectivity index (χ3v) is 7.88. The fourth-order valence-electron chi connectivity index (χ4n) is 5.53. The number of ether oxygens (including phenoxy) is 3. The molecule has 2 aliphatic heterocycles. The number of rotatable bonds is 4. The van der Waals surface area contributed by atoms with Crippen LogP contribution < -0.4 is 4.74 Å². The molecular formula is C34H29CoN4O3-. The zero-order chi connectivity index (χ0) is 27.6. The summed E-state index contributed by atoms with van der Waals surface area (Å²) >= 11 is 0. The number of hydrogen-bond acceptors (Lipinski definition) is 6. The Morgan fingerprint density at radius 1 is 1.00 bits per heavy atom. The summed E-state index contributed by atoms with van der Waals surface area (Å²) in [7, 11) is 0. The van der Waals surface area contributed by atoms with Crippen molar-refractivity contribution in [3.8, 4) is 23.2 Å². The molecule has 213 valence electrons. The van der Waals surface area contributed by atoms with Crippen molar-refractivity contribution < 1.29 is 31.0 Å². The normalized spacial score (nSPS) is 16.2. The molecule has 1 atom stereocenters. The zero-order valence-corrected chi connectivity index (χ0v) is 24.1. The van der Waals surface area contributed by atoms with E-state index in [0.717, 1.165) is 69.9 Å². The predicted octanol–water partition coefficient (Wildman–Crippen LogP) is 5.80. The Balaban J connectivity index is 0.00000316. The first kappa shape index (κ1) is 28.1. The first-order valence-corrected chi connectivity index (χ1v) is 14.0. The van der Waals surface area contributed by atoms with Gasteiger partial charge in [0.2, 0.25) is 5.88 Å². The summed E-state index contributed by atoms with van der Waals surface area (Å²) in [6.07, 6.45) is 2.59. The second-order valence-electron chi connectivity index (χ2n) is 10.6. The summed E-state index contributed by atoms with van der Waals surface area (Å²) in [5.41, 5.74) is 8.76. The molecule has 4 heterocycles. The number of hydrogen-bond donors (Lipinski definition) is 0. The molecule has 6 bridgehead atoms. The Bertz CT molecular complexity index is 1770. The van der Waals surface area contributed by atoms with Gasteiger partial charge in [-0.15, -0.1) is 6.07 Å². The van der Waals surface area contributed by atoms with E-state index >= 15 is 0 Å². The Kier molecular flexibility index (Phi) is 8.35. The maximum atomic E-state index is 9.63. The summed E-state index contributed by atoms with van der Waals surface area (Å²) < 4.78 is 20.3. The molecule has 7 rings (SSSR count). The van der Waals surface area contributed by atoms with Gasteiger partial charge in [-0.1, -0.05) is 30.3 Å². The van der Waals surface area contributed by atoms with Crippen molar-refractivity contribution in [2.75, 3.05) is 13.2 Å². The number of nitriles is 1. The van der Waals surface area contributed by atoms with Crippen molar-refractivity contribution in [1.82, 2.24) is 14.5 Å². The van der Waals surface area contributed by atoms with Gasteiger partial charge in [-0.05, 0) is 64.3 Å². The average molecular weight is 601 g/mol. The van der Waals surface area contributed by atoms with Crippen LogP contribution in [0.5, 0.6) is 5.88 Å². The summed E-state index contributed by atoms with van der Waals surface area (Å²) in [4.78, 5) is 9.80. The minimum absolute atomic E-state index is 0. The van der Waals surface area contributed by atoms with Crippen molar-refractivity contribution >= 4 is 11.0 Å². The van der Waals surface area contributed by atoms with Crippen molar-refractivity contribution in [3.05, 3.63) is 113 Å². The number of pyridine rings is 1. The minimum atomic E-state index is 0. The molecule has 7 nitrogen and oxygen atoms in total. The van der Waals surface area contributed by atoms with Gasteiger partial charge in [0.1, 0.15) is 12.4 Å². The van der Waals surface area contributed by atoms with Gasteiger partial charge in [0.05, 0.1) is 36.6 Å². The first-order chi connectivity index (χ1) is 20.2. The zero-order valence-electron chi connectivity index (χ0n) is 23.0. The largest absolute Gasteiger partial charge is 0.473 e. The number of benzene rings is 3. The Morgan fingerprint density at radius 3 is 2.79 bits per heavy atom.